The Bertz CT molecular complexity index is 460. The number of hydrogen-bond donors (Lipinski definition) is 1. The number of ketones is 1. The van der Waals surface area contributed by atoms with Crippen LogP contribution < -0.4 is 10.5 Å². The second-order valence-electron chi connectivity index (χ2n) is 3.50. The minimum absolute atomic E-state index is 0.0376. The maximum atomic E-state index is 12.6. The molecule has 0 unspecified atom stereocenters. The molecule has 7 heteroatoms. The summed E-state index contributed by atoms with van der Waals surface area (Å²) in [6.45, 7) is 0.0376. The van der Waals surface area contributed by atoms with Crippen molar-refractivity contribution in [2.24, 2.45) is 5.73 Å². The fourth-order valence-corrected chi connectivity index (χ4v) is 1.73. The van der Waals surface area contributed by atoms with Crippen molar-refractivity contribution in [3.8, 4) is 5.75 Å². The predicted octanol–water partition coefficient (Wildman–Crippen LogP) is 2.90. The van der Waals surface area contributed by atoms with Gasteiger partial charge in [0.25, 0.3) is 0 Å². The number of halogens is 4. The van der Waals surface area contributed by atoms with Gasteiger partial charge in [0.1, 0.15) is 5.75 Å². The first-order valence-corrected chi connectivity index (χ1v) is 5.37. The fraction of sp³-hybridized carbons (Fsp3) is 0.364. The Kier molecular flexibility index (Phi) is 4.59. The van der Waals surface area contributed by atoms with E-state index in [0.717, 1.165) is 12.1 Å². The molecule has 0 atom stereocenters. The maximum Gasteiger partial charge on any atom is 0.416 e. The molecule has 1 rings (SSSR count). The van der Waals surface area contributed by atoms with Crippen LogP contribution in [0.2, 0.25) is 5.02 Å². The zero-order valence-corrected chi connectivity index (χ0v) is 10.2. The number of methoxy groups -OCH3 is 1. The summed E-state index contributed by atoms with van der Waals surface area (Å²) >= 11 is 5.68. The van der Waals surface area contributed by atoms with Crippen molar-refractivity contribution in [2.45, 2.75) is 12.6 Å². The van der Waals surface area contributed by atoms with Gasteiger partial charge in [0.05, 0.1) is 23.3 Å². The predicted molar refractivity (Wildman–Crippen MR) is 61.0 cm³/mol. The highest BCUT2D eigenvalue weighted by Crippen LogP contribution is 2.37. The summed E-state index contributed by atoms with van der Waals surface area (Å²) in [7, 11) is 1.23. The van der Waals surface area contributed by atoms with Crippen LogP contribution in [0.5, 0.6) is 5.75 Å². The molecule has 0 aliphatic heterocycles. The number of benzene rings is 1. The molecule has 0 amide bonds. The summed E-state index contributed by atoms with van der Waals surface area (Å²) in [6, 6.07) is 1.45. The van der Waals surface area contributed by atoms with Gasteiger partial charge in [0.2, 0.25) is 0 Å². The third-order valence-corrected chi connectivity index (χ3v) is 2.53. The van der Waals surface area contributed by atoms with Crippen LogP contribution in [-0.2, 0) is 6.18 Å². The molecule has 100 valence electrons. The number of rotatable bonds is 4. The molecule has 0 heterocycles. The second kappa shape index (κ2) is 5.58. The van der Waals surface area contributed by atoms with E-state index in [1.165, 1.54) is 7.11 Å². The maximum absolute atomic E-state index is 12.6. The average molecular weight is 282 g/mol. The first kappa shape index (κ1) is 14.8. The Hall–Kier alpha value is -1.27. The number of nitrogens with two attached hydrogens (primary N) is 1. The molecule has 2 N–H and O–H groups in total. The van der Waals surface area contributed by atoms with Crippen molar-refractivity contribution in [1.29, 1.82) is 0 Å². The van der Waals surface area contributed by atoms with Crippen LogP contribution in [0.25, 0.3) is 0 Å². The summed E-state index contributed by atoms with van der Waals surface area (Å²) in [5.41, 5.74) is 4.01. The van der Waals surface area contributed by atoms with Crippen LogP contribution in [0.1, 0.15) is 22.3 Å². The molecule has 0 aromatic heterocycles. The molecule has 1 aromatic carbocycles. The summed E-state index contributed by atoms with van der Waals surface area (Å²) in [4.78, 5) is 11.7. The molecule has 0 aliphatic carbocycles. The minimum Gasteiger partial charge on any atom is -0.494 e. The van der Waals surface area contributed by atoms with E-state index in [9.17, 15) is 18.0 Å². The number of carbonyl (C=O) groups excluding carboxylic acids is 1. The van der Waals surface area contributed by atoms with Crippen LogP contribution in [0, 0.1) is 0 Å². The molecular weight excluding hydrogens is 271 g/mol. The van der Waals surface area contributed by atoms with Crippen LogP contribution in [0.15, 0.2) is 12.1 Å². The van der Waals surface area contributed by atoms with Crippen molar-refractivity contribution < 1.29 is 22.7 Å². The molecule has 0 spiro atoms. The molecule has 0 aliphatic rings. The smallest absolute Gasteiger partial charge is 0.416 e. The fourth-order valence-electron chi connectivity index (χ4n) is 1.44. The summed E-state index contributed by atoms with van der Waals surface area (Å²) in [5.74, 6) is -0.606. The highest BCUT2D eigenvalue weighted by molar-refractivity contribution is 6.32. The van der Waals surface area contributed by atoms with Gasteiger partial charge in [-0.05, 0) is 18.7 Å². The molecule has 1 aromatic rings. The first-order valence-electron chi connectivity index (χ1n) is 4.99. The lowest BCUT2D eigenvalue weighted by atomic mass is 10.0. The van der Waals surface area contributed by atoms with E-state index < -0.39 is 17.5 Å². The van der Waals surface area contributed by atoms with E-state index in [1.807, 2.05) is 0 Å². The quantitative estimate of drug-likeness (QED) is 0.864. The van der Waals surface area contributed by atoms with Crippen LogP contribution in [-0.4, -0.2) is 19.4 Å². The van der Waals surface area contributed by atoms with Gasteiger partial charge in [-0.1, -0.05) is 11.6 Å². The lowest BCUT2D eigenvalue weighted by Gasteiger charge is -2.13. The van der Waals surface area contributed by atoms with E-state index in [0.29, 0.717) is 0 Å². The van der Waals surface area contributed by atoms with Gasteiger partial charge in [0.15, 0.2) is 5.78 Å². The number of hydrogen-bond acceptors (Lipinski definition) is 3. The van der Waals surface area contributed by atoms with Crippen molar-refractivity contribution in [3.05, 3.63) is 28.3 Å². The van der Waals surface area contributed by atoms with Crippen molar-refractivity contribution >= 4 is 17.4 Å². The summed E-state index contributed by atoms with van der Waals surface area (Å²) < 4.78 is 42.6. The number of Topliss-reactive ketones (excluding diaryl/α,β-unsaturated/α-hetero) is 1. The molecule has 18 heavy (non-hydrogen) atoms. The van der Waals surface area contributed by atoms with Crippen LogP contribution >= 0.6 is 11.6 Å². The molecule has 0 radical (unpaired) electrons. The zero-order chi connectivity index (χ0) is 13.9. The number of alkyl halides is 3. The SMILES string of the molecule is COc1c(Cl)cc(C(F)(F)F)cc1C(=O)CCN. The molecule has 0 bridgehead atoms. The summed E-state index contributed by atoms with van der Waals surface area (Å²) in [5, 5.41) is -0.257. The normalized spacial score (nSPS) is 11.4. The van der Waals surface area contributed by atoms with Gasteiger partial charge in [-0.25, -0.2) is 0 Å². The Morgan fingerprint density at radius 3 is 2.50 bits per heavy atom. The average Bonchev–Trinajstić information content (AvgIpc) is 2.27. The summed E-state index contributed by atoms with van der Waals surface area (Å²) in [6.07, 6.45) is -4.65. The van der Waals surface area contributed by atoms with E-state index in [-0.39, 0.29) is 29.3 Å². The topological polar surface area (TPSA) is 52.3 Å². The van der Waals surface area contributed by atoms with Gasteiger partial charge in [-0.15, -0.1) is 0 Å². The highest BCUT2D eigenvalue weighted by atomic mass is 35.5. The van der Waals surface area contributed by atoms with Gasteiger partial charge in [-0.2, -0.15) is 13.2 Å². The Balaban J connectivity index is 3.37. The molecular formula is C11H11ClF3NO2. The van der Waals surface area contributed by atoms with Gasteiger partial charge < -0.3 is 10.5 Å². The van der Waals surface area contributed by atoms with E-state index in [1.54, 1.807) is 0 Å². The van der Waals surface area contributed by atoms with Gasteiger partial charge in [-0.3, -0.25) is 4.79 Å². The molecule has 3 nitrogen and oxygen atoms in total. The van der Waals surface area contributed by atoms with Crippen molar-refractivity contribution in [3.63, 3.8) is 0 Å². The third kappa shape index (κ3) is 3.14. The van der Waals surface area contributed by atoms with E-state index in [2.05, 4.69) is 0 Å². The zero-order valence-electron chi connectivity index (χ0n) is 9.47. The van der Waals surface area contributed by atoms with Crippen molar-refractivity contribution in [1.82, 2.24) is 0 Å². The third-order valence-electron chi connectivity index (χ3n) is 2.25. The lowest BCUT2D eigenvalue weighted by Crippen LogP contribution is -2.12. The minimum atomic E-state index is -4.58. The largest absolute Gasteiger partial charge is 0.494 e. The Morgan fingerprint density at radius 2 is 2.06 bits per heavy atom. The van der Waals surface area contributed by atoms with Crippen LogP contribution in [0.3, 0.4) is 0 Å². The van der Waals surface area contributed by atoms with Gasteiger partial charge >= 0.3 is 6.18 Å². The molecule has 0 saturated carbocycles. The number of ether oxygens (including phenoxy) is 1. The highest BCUT2D eigenvalue weighted by Gasteiger charge is 2.33. The van der Waals surface area contributed by atoms with E-state index in [4.69, 9.17) is 22.1 Å². The number of carbonyl (C=O) groups is 1. The van der Waals surface area contributed by atoms with Crippen molar-refractivity contribution in [2.75, 3.05) is 13.7 Å². The molecule has 0 saturated heterocycles. The standard InChI is InChI=1S/C11H11ClF3NO2/c1-18-10-7(9(17)2-3-16)4-6(5-8(10)12)11(13,14)15/h4-5H,2-3,16H2,1H3. The Labute approximate surface area is 107 Å². The second-order valence-corrected chi connectivity index (χ2v) is 3.91. The monoisotopic (exact) mass is 281 g/mol. The lowest BCUT2D eigenvalue weighted by molar-refractivity contribution is -0.137. The Morgan fingerprint density at radius 1 is 1.44 bits per heavy atom. The van der Waals surface area contributed by atoms with Crippen LogP contribution in [0.4, 0.5) is 13.2 Å². The first-order chi connectivity index (χ1) is 8.31. The van der Waals surface area contributed by atoms with E-state index >= 15 is 0 Å². The molecule has 0 fully saturated rings. The van der Waals surface area contributed by atoms with Gasteiger partial charge in [0, 0.05) is 6.42 Å².